The molecule has 4 aromatic rings. The van der Waals surface area contributed by atoms with Crippen LogP contribution >= 0.6 is 0 Å². The molecule has 0 unspecified atom stereocenters. The van der Waals surface area contributed by atoms with Crippen molar-refractivity contribution in [3.05, 3.63) is 64.8 Å². The van der Waals surface area contributed by atoms with Gasteiger partial charge in [0.15, 0.2) is 5.58 Å². The minimum atomic E-state index is -0.516. The van der Waals surface area contributed by atoms with Crippen molar-refractivity contribution in [3.8, 4) is 0 Å². The summed E-state index contributed by atoms with van der Waals surface area (Å²) in [6.07, 6.45) is 1.95. The van der Waals surface area contributed by atoms with Crippen LogP contribution in [0.25, 0.3) is 22.0 Å². The molecule has 23 heavy (non-hydrogen) atoms. The summed E-state index contributed by atoms with van der Waals surface area (Å²) >= 11 is 0. The number of aromatic amines is 1. The molecule has 0 atom stereocenters. The number of H-pyrrole nitrogens is 1. The van der Waals surface area contributed by atoms with Crippen molar-refractivity contribution in [1.82, 2.24) is 9.55 Å². The highest BCUT2D eigenvalue weighted by atomic mass is 16.4. The molecule has 1 amide bonds. The SMILES string of the molecule is Cn1ccc2ccc(C(=O)Nc3ccc4oc(=O)[nH]c4c3)cc21. The first kappa shape index (κ1) is 13.4. The van der Waals surface area contributed by atoms with Crippen LogP contribution in [0.5, 0.6) is 0 Å². The molecule has 0 aliphatic rings. The molecule has 0 fully saturated rings. The highest BCUT2D eigenvalue weighted by Crippen LogP contribution is 2.19. The number of hydrogen-bond donors (Lipinski definition) is 2. The van der Waals surface area contributed by atoms with E-state index in [1.165, 1.54) is 0 Å². The quantitative estimate of drug-likeness (QED) is 0.597. The van der Waals surface area contributed by atoms with E-state index in [4.69, 9.17) is 4.42 Å². The number of oxazole rings is 1. The van der Waals surface area contributed by atoms with Crippen LogP contribution in [-0.4, -0.2) is 15.5 Å². The number of nitrogens with zero attached hydrogens (tertiary/aromatic N) is 1. The van der Waals surface area contributed by atoms with Crippen molar-refractivity contribution in [3.63, 3.8) is 0 Å². The third kappa shape index (κ3) is 2.30. The molecule has 114 valence electrons. The van der Waals surface area contributed by atoms with E-state index in [0.29, 0.717) is 22.4 Å². The third-order valence-corrected chi connectivity index (χ3v) is 3.83. The molecule has 2 heterocycles. The zero-order chi connectivity index (χ0) is 16.0. The average molecular weight is 307 g/mol. The molecule has 0 aliphatic carbocycles. The topological polar surface area (TPSA) is 80.0 Å². The first-order valence-corrected chi connectivity index (χ1v) is 7.09. The second kappa shape index (κ2) is 4.88. The van der Waals surface area contributed by atoms with Gasteiger partial charge >= 0.3 is 5.76 Å². The summed E-state index contributed by atoms with van der Waals surface area (Å²) in [4.78, 5) is 26.1. The van der Waals surface area contributed by atoms with Crippen molar-refractivity contribution < 1.29 is 9.21 Å². The number of carbonyl (C=O) groups is 1. The number of hydrogen-bond acceptors (Lipinski definition) is 3. The lowest BCUT2D eigenvalue weighted by atomic mass is 10.1. The van der Waals surface area contributed by atoms with Crippen LogP contribution in [0.2, 0.25) is 0 Å². The van der Waals surface area contributed by atoms with Gasteiger partial charge in [-0.3, -0.25) is 9.78 Å². The van der Waals surface area contributed by atoms with Crippen LogP contribution in [0.1, 0.15) is 10.4 Å². The maximum atomic E-state index is 12.4. The van der Waals surface area contributed by atoms with E-state index in [0.717, 1.165) is 10.9 Å². The minimum Gasteiger partial charge on any atom is -0.408 e. The zero-order valence-corrected chi connectivity index (χ0v) is 12.3. The van der Waals surface area contributed by atoms with Crippen LogP contribution in [0, 0.1) is 0 Å². The number of carbonyl (C=O) groups excluding carboxylic acids is 1. The van der Waals surface area contributed by atoms with Gasteiger partial charge in [0.1, 0.15) is 0 Å². The van der Waals surface area contributed by atoms with Crippen LogP contribution in [0.15, 0.2) is 57.9 Å². The first-order chi connectivity index (χ1) is 11.1. The summed E-state index contributed by atoms with van der Waals surface area (Å²) in [6, 6.07) is 12.6. The highest BCUT2D eigenvalue weighted by molar-refractivity contribution is 6.06. The van der Waals surface area contributed by atoms with Gasteiger partial charge < -0.3 is 14.3 Å². The molecule has 6 nitrogen and oxygen atoms in total. The molecule has 0 radical (unpaired) electrons. The number of aryl methyl sites for hydroxylation is 1. The highest BCUT2D eigenvalue weighted by Gasteiger charge is 2.09. The minimum absolute atomic E-state index is 0.210. The van der Waals surface area contributed by atoms with Gasteiger partial charge in [0.05, 0.1) is 5.52 Å². The Balaban J connectivity index is 1.66. The number of rotatable bonds is 2. The lowest BCUT2D eigenvalue weighted by Crippen LogP contribution is -2.11. The third-order valence-electron chi connectivity index (χ3n) is 3.83. The van der Waals surface area contributed by atoms with E-state index in [2.05, 4.69) is 10.3 Å². The Morgan fingerprint density at radius 1 is 1.17 bits per heavy atom. The summed E-state index contributed by atoms with van der Waals surface area (Å²) in [5, 5.41) is 3.91. The normalized spacial score (nSPS) is 11.2. The maximum absolute atomic E-state index is 12.4. The molecular formula is C17H13N3O3. The van der Waals surface area contributed by atoms with Gasteiger partial charge in [-0.15, -0.1) is 0 Å². The Kier molecular flexibility index (Phi) is 2.84. The van der Waals surface area contributed by atoms with Crippen molar-refractivity contribution in [1.29, 1.82) is 0 Å². The summed E-state index contributed by atoms with van der Waals surface area (Å²) in [7, 11) is 1.94. The van der Waals surface area contributed by atoms with E-state index >= 15 is 0 Å². The average Bonchev–Trinajstić information content (AvgIpc) is 3.09. The van der Waals surface area contributed by atoms with Crippen LogP contribution in [0.4, 0.5) is 5.69 Å². The van der Waals surface area contributed by atoms with E-state index in [-0.39, 0.29) is 5.91 Å². The molecule has 0 spiro atoms. The van der Waals surface area contributed by atoms with Gasteiger partial charge in [-0.1, -0.05) is 6.07 Å². The number of aromatic nitrogens is 2. The molecule has 4 rings (SSSR count). The first-order valence-electron chi connectivity index (χ1n) is 7.09. The second-order valence-electron chi connectivity index (χ2n) is 5.38. The summed E-state index contributed by atoms with van der Waals surface area (Å²) in [5.41, 5.74) is 3.16. The van der Waals surface area contributed by atoms with Gasteiger partial charge in [0, 0.05) is 30.0 Å². The Hall–Kier alpha value is -3.28. The number of benzene rings is 2. The predicted octanol–water partition coefficient (Wildman–Crippen LogP) is 2.87. The van der Waals surface area contributed by atoms with Crippen molar-refractivity contribution in [2.75, 3.05) is 5.32 Å². The fraction of sp³-hybridized carbons (Fsp3) is 0.0588. The molecule has 0 saturated heterocycles. The molecule has 0 bridgehead atoms. The van der Waals surface area contributed by atoms with Crippen molar-refractivity contribution >= 4 is 33.6 Å². The Morgan fingerprint density at radius 2 is 2.04 bits per heavy atom. The molecule has 0 aliphatic heterocycles. The largest absolute Gasteiger partial charge is 0.417 e. The lowest BCUT2D eigenvalue weighted by Gasteiger charge is -2.06. The Labute approximate surface area is 130 Å². The Morgan fingerprint density at radius 3 is 2.91 bits per heavy atom. The summed E-state index contributed by atoms with van der Waals surface area (Å²) < 4.78 is 6.91. The van der Waals surface area contributed by atoms with Crippen LogP contribution < -0.4 is 11.1 Å². The van der Waals surface area contributed by atoms with Crippen LogP contribution in [0.3, 0.4) is 0 Å². The fourth-order valence-corrected chi connectivity index (χ4v) is 2.64. The van der Waals surface area contributed by atoms with E-state index in [9.17, 15) is 9.59 Å². The molecule has 2 N–H and O–H groups in total. The fourth-order valence-electron chi connectivity index (χ4n) is 2.64. The van der Waals surface area contributed by atoms with Crippen molar-refractivity contribution in [2.24, 2.45) is 7.05 Å². The second-order valence-corrected chi connectivity index (χ2v) is 5.38. The van der Waals surface area contributed by atoms with Gasteiger partial charge in [0.25, 0.3) is 5.91 Å². The molecule has 2 aromatic heterocycles. The van der Waals surface area contributed by atoms with E-state index in [1.54, 1.807) is 24.3 Å². The standard InChI is InChI=1S/C17H13N3O3/c1-20-7-6-10-2-3-11(8-14(10)20)16(21)18-12-4-5-15-13(9-12)19-17(22)23-15/h2-9H,1H3,(H,18,21)(H,19,22). The number of anilines is 1. The van der Waals surface area contributed by atoms with Gasteiger partial charge in [-0.2, -0.15) is 0 Å². The van der Waals surface area contributed by atoms with E-state index < -0.39 is 5.76 Å². The van der Waals surface area contributed by atoms with Gasteiger partial charge in [-0.25, -0.2) is 4.79 Å². The number of amides is 1. The maximum Gasteiger partial charge on any atom is 0.417 e. The lowest BCUT2D eigenvalue weighted by molar-refractivity contribution is 0.102. The molecule has 6 heteroatoms. The summed E-state index contributed by atoms with van der Waals surface area (Å²) in [6.45, 7) is 0. The van der Waals surface area contributed by atoms with Crippen LogP contribution in [-0.2, 0) is 7.05 Å². The van der Waals surface area contributed by atoms with Crippen molar-refractivity contribution in [2.45, 2.75) is 0 Å². The smallest absolute Gasteiger partial charge is 0.408 e. The van der Waals surface area contributed by atoms with E-state index in [1.807, 2.05) is 36.0 Å². The number of nitrogens with one attached hydrogen (secondary N) is 2. The molecule has 0 saturated carbocycles. The summed E-state index contributed by atoms with van der Waals surface area (Å²) in [5.74, 6) is -0.726. The van der Waals surface area contributed by atoms with Gasteiger partial charge in [0.2, 0.25) is 0 Å². The number of fused-ring (bicyclic) bond motifs is 2. The zero-order valence-electron chi connectivity index (χ0n) is 12.3. The predicted molar refractivity (Wildman–Crippen MR) is 87.7 cm³/mol. The monoisotopic (exact) mass is 307 g/mol. The van der Waals surface area contributed by atoms with Gasteiger partial charge in [-0.05, 0) is 41.8 Å². The molecule has 2 aromatic carbocycles. The molecular weight excluding hydrogens is 294 g/mol. The Bertz CT molecular complexity index is 1100.